The van der Waals surface area contributed by atoms with Crippen molar-refractivity contribution >= 4 is 17.5 Å². The molecule has 1 aromatic rings. The highest BCUT2D eigenvalue weighted by Gasteiger charge is 2.16. The number of benzene rings is 1. The zero-order chi connectivity index (χ0) is 12.8. The Morgan fingerprint density at radius 3 is 2.83 bits per heavy atom. The quantitative estimate of drug-likeness (QED) is 0.753. The molecule has 0 heterocycles. The summed E-state index contributed by atoms with van der Waals surface area (Å²) in [5.41, 5.74) is 0.762. The number of rotatable bonds is 5. The van der Waals surface area contributed by atoms with Gasteiger partial charge in [-0.3, -0.25) is 4.79 Å². The van der Waals surface area contributed by atoms with E-state index in [2.05, 4.69) is 0 Å². The summed E-state index contributed by atoms with van der Waals surface area (Å²) in [5, 5.41) is 0.688. The van der Waals surface area contributed by atoms with Crippen LogP contribution in [0.2, 0.25) is 0 Å². The van der Waals surface area contributed by atoms with E-state index in [0.717, 1.165) is 11.3 Å². The SMILES string of the molecule is COc1cccc(C(=O)CSC2CCCCC2)c1. The Balaban J connectivity index is 1.86. The second-order valence-electron chi connectivity index (χ2n) is 4.73. The number of carbonyl (C=O) groups excluding carboxylic acids is 1. The van der Waals surface area contributed by atoms with E-state index in [-0.39, 0.29) is 5.78 Å². The number of carbonyl (C=O) groups is 1. The maximum absolute atomic E-state index is 12.1. The summed E-state index contributed by atoms with van der Waals surface area (Å²) in [7, 11) is 1.63. The lowest BCUT2D eigenvalue weighted by Crippen LogP contribution is -2.12. The molecule has 0 saturated heterocycles. The zero-order valence-electron chi connectivity index (χ0n) is 10.9. The van der Waals surface area contributed by atoms with Crippen LogP contribution in [-0.2, 0) is 0 Å². The topological polar surface area (TPSA) is 26.3 Å². The summed E-state index contributed by atoms with van der Waals surface area (Å²) >= 11 is 1.82. The molecule has 0 atom stereocenters. The lowest BCUT2D eigenvalue weighted by atomic mass is 10.0. The van der Waals surface area contributed by atoms with E-state index in [1.165, 1.54) is 32.1 Å². The fraction of sp³-hybridized carbons (Fsp3) is 0.533. The Labute approximate surface area is 113 Å². The van der Waals surface area contributed by atoms with Crippen molar-refractivity contribution in [2.24, 2.45) is 0 Å². The largest absolute Gasteiger partial charge is 0.497 e. The first-order valence-electron chi connectivity index (χ1n) is 6.58. The highest BCUT2D eigenvalue weighted by molar-refractivity contribution is 8.00. The second-order valence-corrected chi connectivity index (χ2v) is 6.01. The van der Waals surface area contributed by atoms with E-state index in [1.807, 2.05) is 36.0 Å². The van der Waals surface area contributed by atoms with Gasteiger partial charge in [-0.25, -0.2) is 0 Å². The number of Topliss-reactive ketones (excluding diaryl/α,β-unsaturated/α-hetero) is 1. The van der Waals surface area contributed by atoms with Gasteiger partial charge in [-0.15, -0.1) is 0 Å². The summed E-state index contributed by atoms with van der Waals surface area (Å²) in [5.74, 6) is 1.56. The maximum Gasteiger partial charge on any atom is 0.172 e. The monoisotopic (exact) mass is 264 g/mol. The molecule has 2 rings (SSSR count). The van der Waals surface area contributed by atoms with Crippen LogP contribution in [0.5, 0.6) is 5.75 Å². The fourth-order valence-electron chi connectivity index (χ4n) is 2.31. The highest BCUT2D eigenvalue weighted by atomic mass is 32.2. The Morgan fingerprint density at radius 2 is 2.11 bits per heavy atom. The minimum Gasteiger partial charge on any atom is -0.497 e. The number of thioether (sulfide) groups is 1. The van der Waals surface area contributed by atoms with E-state index >= 15 is 0 Å². The normalized spacial score (nSPS) is 16.5. The van der Waals surface area contributed by atoms with Crippen LogP contribution in [0.25, 0.3) is 0 Å². The van der Waals surface area contributed by atoms with Crippen molar-refractivity contribution in [1.29, 1.82) is 0 Å². The van der Waals surface area contributed by atoms with Gasteiger partial charge in [-0.2, -0.15) is 11.8 Å². The van der Waals surface area contributed by atoms with Crippen LogP contribution in [-0.4, -0.2) is 23.9 Å². The summed E-state index contributed by atoms with van der Waals surface area (Å²) < 4.78 is 5.14. The molecule has 1 fully saturated rings. The number of hydrogen-bond donors (Lipinski definition) is 0. The van der Waals surface area contributed by atoms with Crippen molar-refractivity contribution in [2.45, 2.75) is 37.4 Å². The number of ether oxygens (including phenoxy) is 1. The predicted octanol–water partition coefficient (Wildman–Crippen LogP) is 3.94. The lowest BCUT2D eigenvalue weighted by Gasteiger charge is -2.20. The molecule has 1 aliphatic rings. The predicted molar refractivity (Wildman–Crippen MR) is 76.7 cm³/mol. The summed E-state index contributed by atoms with van der Waals surface area (Å²) in [6.45, 7) is 0. The third kappa shape index (κ3) is 3.77. The maximum atomic E-state index is 12.1. The van der Waals surface area contributed by atoms with Crippen molar-refractivity contribution in [3.63, 3.8) is 0 Å². The van der Waals surface area contributed by atoms with Gasteiger partial charge in [0, 0.05) is 10.8 Å². The molecular formula is C15H20O2S. The van der Waals surface area contributed by atoms with Gasteiger partial charge >= 0.3 is 0 Å². The molecule has 0 N–H and O–H groups in total. The molecule has 18 heavy (non-hydrogen) atoms. The first-order chi connectivity index (χ1) is 8.79. The molecule has 0 aliphatic heterocycles. The Kier molecular flexibility index (Phi) is 5.12. The van der Waals surface area contributed by atoms with E-state index < -0.39 is 0 Å². The standard InChI is InChI=1S/C15H20O2S/c1-17-13-7-5-6-12(10-13)15(16)11-18-14-8-3-2-4-9-14/h5-7,10,14H,2-4,8-9,11H2,1H3. The average Bonchev–Trinajstić information content (AvgIpc) is 2.46. The second kappa shape index (κ2) is 6.83. The van der Waals surface area contributed by atoms with Gasteiger partial charge in [-0.05, 0) is 25.0 Å². The van der Waals surface area contributed by atoms with Crippen LogP contribution in [0.4, 0.5) is 0 Å². The molecule has 0 radical (unpaired) electrons. The van der Waals surface area contributed by atoms with Crippen LogP contribution >= 0.6 is 11.8 Å². The minimum atomic E-state index is 0.212. The molecule has 98 valence electrons. The van der Waals surface area contributed by atoms with Crippen LogP contribution in [0.1, 0.15) is 42.5 Å². The molecule has 0 amide bonds. The van der Waals surface area contributed by atoms with Crippen LogP contribution < -0.4 is 4.74 Å². The fourth-order valence-corrected chi connectivity index (χ4v) is 3.53. The first-order valence-corrected chi connectivity index (χ1v) is 7.63. The molecule has 0 bridgehead atoms. The van der Waals surface area contributed by atoms with Gasteiger partial charge in [0.2, 0.25) is 0 Å². The van der Waals surface area contributed by atoms with E-state index in [1.54, 1.807) is 7.11 Å². The van der Waals surface area contributed by atoms with Crippen LogP contribution in [0.3, 0.4) is 0 Å². The van der Waals surface area contributed by atoms with Gasteiger partial charge in [-0.1, -0.05) is 31.4 Å². The Bertz CT molecular complexity index is 397. The lowest BCUT2D eigenvalue weighted by molar-refractivity contribution is 0.102. The molecule has 0 unspecified atom stereocenters. The molecule has 1 aromatic carbocycles. The van der Waals surface area contributed by atoms with Crippen molar-refractivity contribution in [1.82, 2.24) is 0 Å². The average molecular weight is 264 g/mol. The molecule has 0 spiro atoms. The summed E-state index contributed by atoms with van der Waals surface area (Å²) in [4.78, 5) is 12.1. The molecule has 0 aromatic heterocycles. The van der Waals surface area contributed by atoms with Gasteiger partial charge in [0.05, 0.1) is 12.9 Å². The van der Waals surface area contributed by atoms with Crippen molar-refractivity contribution in [3.8, 4) is 5.75 Å². The van der Waals surface area contributed by atoms with Crippen molar-refractivity contribution < 1.29 is 9.53 Å². The molecular weight excluding hydrogens is 244 g/mol. The van der Waals surface area contributed by atoms with E-state index in [9.17, 15) is 4.79 Å². The zero-order valence-corrected chi connectivity index (χ0v) is 11.7. The van der Waals surface area contributed by atoms with Gasteiger partial charge in [0.15, 0.2) is 5.78 Å². The molecule has 3 heteroatoms. The van der Waals surface area contributed by atoms with Crippen molar-refractivity contribution in [3.05, 3.63) is 29.8 Å². The Morgan fingerprint density at radius 1 is 1.33 bits per heavy atom. The van der Waals surface area contributed by atoms with E-state index in [4.69, 9.17) is 4.74 Å². The first kappa shape index (κ1) is 13.5. The smallest absolute Gasteiger partial charge is 0.172 e. The third-order valence-electron chi connectivity index (χ3n) is 3.39. The van der Waals surface area contributed by atoms with Crippen LogP contribution in [0.15, 0.2) is 24.3 Å². The highest BCUT2D eigenvalue weighted by Crippen LogP contribution is 2.28. The Hall–Kier alpha value is -0.960. The van der Waals surface area contributed by atoms with Gasteiger partial charge < -0.3 is 4.74 Å². The summed E-state index contributed by atoms with van der Waals surface area (Å²) in [6.07, 6.45) is 6.56. The van der Waals surface area contributed by atoms with Crippen molar-refractivity contribution in [2.75, 3.05) is 12.9 Å². The third-order valence-corrected chi connectivity index (χ3v) is 4.77. The minimum absolute atomic E-state index is 0.212. The van der Waals surface area contributed by atoms with Gasteiger partial charge in [0.25, 0.3) is 0 Å². The number of hydrogen-bond acceptors (Lipinski definition) is 3. The molecule has 2 nitrogen and oxygen atoms in total. The number of ketones is 1. The molecule has 1 aliphatic carbocycles. The molecule has 1 saturated carbocycles. The summed E-state index contributed by atoms with van der Waals surface area (Å²) in [6, 6.07) is 7.43. The van der Waals surface area contributed by atoms with Crippen LogP contribution in [0, 0.1) is 0 Å². The van der Waals surface area contributed by atoms with E-state index in [0.29, 0.717) is 11.0 Å². The van der Waals surface area contributed by atoms with Gasteiger partial charge in [0.1, 0.15) is 5.75 Å². The number of methoxy groups -OCH3 is 1.